The summed E-state index contributed by atoms with van der Waals surface area (Å²) in [6.07, 6.45) is 3.77. The number of carboxylic acids is 1. The first kappa shape index (κ1) is 15.3. The molecule has 9 heteroatoms. The highest BCUT2D eigenvalue weighted by atomic mass is 35.5. The van der Waals surface area contributed by atoms with E-state index in [0.717, 1.165) is 17.5 Å². The van der Waals surface area contributed by atoms with Gasteiger partial charge in [0, 0.05) is 13.6 Å². The molecule has 0 atom stereocenters. The second-order valence-corrected chi connectivity index (χ2v) is 7.13. The van der Waals surface area contributed by atoms with Crippen molar-refractivity contribution in [3.8, 4) is 0 Å². The summed E-state index contributed by atoms with van der Waals surface area (Å²) in [5, 5.41) is 12.9. The van der Waals surface area contributed by atoms with Crippen LogP contribution in [0, 0.1) is 5.41 Å². The van der Waals surface area contributed by atoms with Crippen molar-refractivity contribution in [2.24, 2.45) is 12.5 Å². The molecule has 112 valence electrons. The summed E-state index contributed by atoms with van der Waals surface area (Å²) in [6.45, 7) is -0.133. The van der Waals surface area contributed by atoms with Gasteiger partial charge in [-0.25, -0.2) is 13.1 Å². The van der Waals surface area contributed by atoms with Crippen LogP contribution in [-0.2, 0) is 21.9 Å². The van der Waals surface area contributed by atoms with Crippen LogP contribution in [0.25, 0.3) is 0 Å². The molecule has 0 aliphatic heterocycles. The standard InChI is InChI=1S/C11H16ClN3O4S/c1-15-9(8(12)6-13-15)20(18,19)14-7-11(10(16)17)4-2-3-5-11/h6,14H,2-5,7H2,1H3,(H,16,17). The third-order valence-corrected chi connectivity index (χ3v) is 5.62. The first-order chi connectivity index (χ1) is 9.28. The van der Waals surface area contributed by atoms with Crippen molar-refractivity contribution in [3.05, 3.63) is 11.2 Å². The van der Waals surface area contributed by atoms with Gasteiger partial charge < -0.3 is 5.11 Å². The SMILES string of the molecule is Cn1ncc(Cl)c1S(=O)(=O)NCC1(C(=O)O)CCCC1. The predicted octanol–water partition coefficient (Wildman–Crippen LogP) is 0.997. The van der Waals surface area contributed by atoms with Crippen LogP contribution in [0.1, 0.15) is 25.7 Å². The molecule has 1 heterocycles. The third-order valence-electron chi connectivity index (χ3n) is 3.71. The zero-order valence-electron chi connectivity index (χ0n) is 11.0. The van der Waals surface area contributed by atoms with Gasteiger partial charge in [0.2, 0.25) is 0 Å². The fourth-order valence-electron chi connectivity index (χ4n) is 2.52. The molecule has 0 aromatic carbocycles. The average molecular weight is 322 g/mol. The number of aryl methyl sites for hydroxylation is 1. The molecule has 1 saturated carbocycles. The highest BCUT2D eigenvalue weighted by Gasteiger charge is 2.42. The quantitative estimate of drug-likeness (QED) is 0.842. The molecule has 0 saturated heterocycles. The maximum Gasteiger partial charge on any atom is 0.310 e. The monoisotopic (exact) mass is 321 g/mol. The molecule has 0 spiro atoms. The number of aromatic nitrogens is 2. The third kappa shape index (κ3) is 2.68. The molecule has 1 aliphatic rings. The lowest BCUT2D eigenvalue weighted by molar-refractivity contribution is -0.148. The first-order valence-corrected chi connectivity index (χ1v) is 8.05. The summed E-state index contributed by atoms with van der Waals surface area (Å²) in [5.74, 6) is -0.964. The minimum absolute atomic E-state index is 0.01000. The van der Waals surface area contributed by atoms with Gasteiger partial charge in [0.05, 0.1) is 16.6 Å². The molecule has 1 fully saturated rings. The Morgan fingerprint density at radius 3 is 2.60 bits per heavy atom. The van der Waals surface area contributed by atoms with E-state index in [-0.39, 0.29) is 16.6 Å². The molecule has 20 heavy (non-hydrogen) atoms. The number of nitrogens with zero attached hydrogens (tertiary/aromatic N) is 2. The van der Waals surface area contributed by atoms with Crippen LogP contribution < -0.4 is 4.72 Å². The van der Waals surface area contributed by atoms with E-state index in [1.54, 1.807) is 0 Å². The van der Waals surface area contributed by atoms with Crippen LogP contribution in [0.5, 0.6) is 0 Å². The van der Waals surface area contributed by atoms with Crippen LogP contribution in [0.15, 0.2) is 11.2 Å². The van der Waals surface area contributed by atoms with Gasteiger partial charge in [0.15, 0.2) is 5.03 Å². The molecule has 7 nitrogen and oxygen atoms in total. The van der Waals surface area contributed by atoms with E-state index in [4.69, 9.17) is 11.6 Å². The number of hydrogen-bond donors (Lipinski definition) is 2. The lowest BCUT2D eigenvalue weighted by atomic mass is 9.87. The summed E-state index contributed by atoms with van der Waals surface area (Å²) < 4.78 is 27.9. The maximum atomic E-state index is 12.2. The molecular weight excluding hydrogens is 306 g/mol. The van der Waals surface area contributed by atoms with Crippen LogP contribution in [0.2, 0.25) is 5.02 Å². The Balaban J connectivity index is 2.20. The molecule has 1 aromatic rings. The highest BCUT2D eigenvalue weighted by Crippen LogP contribution is 2.38. The van der Waals surface area contributed by atoms with Crippen molar-refractivity contribution in [3.63, 3.8) is 0 Å². The summed E-state index contributed by atoms with van der Waals surface area (Å²) in [6, 6.07) is 0. The minimum Gasteiger partial charge on any atom is -0.481 e. The lowest BCUT2D eigenvalue weighted by Gasteiger charge is -2.23. The number of hydrogen-bond acceptors (Lipinski definition) is 4. The summed E-state index contributed by atoms with van der Waals surface area (Å²) in [5.41, 5.74) is -1.02. The van der Waals surface area contributed by atoms with Gasteiger partial charge in [-0.05, 0) is 12.8 Å². The van der Waals surface area contributed by atoms with Crippen molar-refractivity contribution >= 4 is 27.6 Å². The normalized spacial score (nSPS) is 18.3. The smallest absolute Gasteiger partial charge is 0.310 e. The number of nitrogens with one attached hydrogen (secondary N) is 1. The van der Waals surface area contributed by atoms with Gasteiger partial charge in [0.1, 0.15) is 0 Å². The van der Waals surface area contributed by atoms with Gasteiger partial charge in [-0.2, -0.15) is 5.10 Å². The van der Waals surface area contributed by atoms with E-state index in [1.807, 2.05) is 0 Å². The Kier molecular flexibility index (Phi) is 4.08. The van der Waals surface area contributed by atoms with E-state index in [0.29, 0.717) is 12.8 Å². The average Bonchev–Trinajstić information content (AvgIpc) is 2.95. The molecule has 1 aromatic heterocycles. The summed E-state index contributed by atoms with van der Waals surface area (Å²) >= 11 is 5.80. The van der Waals surface area contributed by atoms with Crippen molar-refractivity contribution in [1.29, 1.82) is 0 Å². The molecule has 0 unspecified atom stereocenters. The van der Waals surface area contributed by atoms with Gasteiger partial charge >= 0.3 is 5.97 Å². The fraction of sp³-hybridized carbons (Fsp3) is 0.636. The Bertz CT molecular complexity index is 600. The minimum atomic E-state index is -3.88. The van der Waals surface area contributed by atoms with Gasteiger partial charge in [-0.3, -0.25) is 9.48 Å². The Hall–Kier alpha value is -1.12. The zero-order chi connectivity index (χ0) is 15.0. The predicted molar refractivity (Wildman–Crippen MR) is 71.9 cm³/mol. The topological polar surface area (TPSA) is 101 Å². The summed E-state index contributed by atoms with van der Waals surface area (Å²) in [4.78, 5) is 11.4. The van der Waals surface area contributed by atoms with Crippen LogP contribution >= 0.6 is 11.6 Å². The number of halogens is 1. The first-order valence-electron chi connectivity index (χ1n) is 6.19. The molecule has 0 bridgehead atoms. The Morgan fingerprint density at radius 2 is 2.15 bits per heavy atom. The largest absolute Gasteiger partial charge is 0.481 e. The zero-order valence-corrected chi connectivity index (χ0v) is 12.5. The molecule has 0 amide bonds. The van der Waals surface area contributed by atoms with E-state index >= 15 is 0 Å². The van der Waals surface area contributed by atoms with E-state index in [9.17, 15) is 18.3 Å². The van der Waals surface area contributed by atoms with Crippen LogP contribution in [0.3, 0.4) is 0 Å². The van der Waals surface area contributed by atoms with Gasteiger partial charge in [-0.1, -0.05) is 24.4 Å². The van der Waals surface area contributed by atoms with E-state index < -0.39 is 21.4 Å². The number of aliphatic carboxylic acids is 1. The number of carboxylic acid groups (broad SMARTS) is 1. The number of carbonyl (C=O) groups is 1. The Morgan fingerprint density at radius 1 is 1.55 bits per heavy atom. The molecular formula is C11H16ClN3O4S. The van der Waals surface area contributed by atoms with Crippen LogP contribution in [0.4, 0.5) is 0 Å². The van der Waals surface area contributed by atoms with Crippen LogP contribution in [-0.4, -0.2) is 35.8 Å². The van der Waals surface area contributed by atoms with Gasteiger partial charge in [-0.15, -0.1) is 0 Å². The molecule has 2 rings (SSSR count). The Labute approximate surface area is 122 Å². The fourth-order valence-corrected chi connectivity index (χ4v) is 4.30. The van der Waals surface area contributed by atoms with Crippen molar-refractivity contribution in [2.45, 2.75) is 30.7 Å². The summed E-state index contributed by atoms with van der Waals surface area (Å²) in [7, 11) is -2.42. The van der Waals surface area contributed by atoms with E-state index in [2.05, 4.69) is 9.82 Å². The second-order valence-electron chi connectivity index (χ2n) is 5.04. The maximum absolute atomic E-state index is 12.2. The second kappa shape index (κ2) is 5.34. The van der Waals surface area contributed by atoms with Crippen molar-refractivity contribution < 1.29 is 18.3 Å². The van der Waals surface area contributed by atoms with Crippen molar-refractivity contribution in [2.75, 3.05) is 6.54 Å². The van der Waals surface area contributed by atoms with E-state index in [1.165, 1.54) is 13.2 Å². The molecule has 1 aliphatic carbocycles. The lowest BCUT2D eigenvalue weighted by Crippen LogP contribution is -2.41. The van der Waals surface area contributed by atoms with Crippen molar-refractivity contribution in [1.82, 2.24) is 14.5 Å². The van der Waals surface area contributed by atoms with Gasteiger partial charge in [0.25, 0.3) is 10.0 Å². The highest BCUT2D eigenvalue weighted by molar-refractivity contribution is 7.89. The molecule has 2 N–H and O–H groups in total. The number of sulfonamides is 1. The number of rotatable bonds is 5. The molecule has 0 radical (unpaired) electrons.